The van der Waals surface area contributed by atoms with Crippen molar-refractivity contribution in [1.29, 1.82) is 0 Å². The van der Waals surface area contributed by atoms with Crippen LogP contribution in [0.15, 0.2) is 12.2 Å². The molecule has 0 aliphatic heterocycles. The third-order valence-electron chi connectivity index (χ3n) is 13.1. The minimum atomic E-state index is -0.0356. The summed E-state index contributed by atoms with van der Waals surface area (Å²) in [6, 6.07) is 0. The molecule has 1 N–H and O–H groups in total. The molecule has 0 aromatic rings. The standard InChI is InChI=1S/C30H50O/c1-19(2)20(3)8-9-21(4)23-12-14-28(7)26-11-10-24-22(5)25(31)13-15-29(24)18-30(26,29)17-16-27(23,28)6/h19,21-26,31H,3,8-18H2,1-2,4-7H3/t21-,22+,23-,24+,25+,26+,27+,28+,29+,30-/m1/s1. The van der Waals surface area contributed by atoms with Crippen molar-refractivity contribution in [3.63, 3.8) is 0 Å². The second kappa shape index (κ2) is 7.10. The van der Waals surface area contributed by atoms with Crippen LogP contribution in [0.4, 0.5) is 0 Å². The summed E-state index contributed by atoms with van der Waals surface area (Å²) in [5, 5.41) is 10.6. The highest BCUT2D eigenvalue weighted by Crippen LogP contribution is 2.88. The van der Waals surface area contributed by atoms with Gasteiger partial charge in [0.15, 0.2) is 0 Å². The van der Waals surface area contributed by atoms with Crippen molar-refractivity contribution in [3.05, 3.63) is 12.2 Å². The van der Waals surface area contributed by atoms with Gasteiger partial charge in [0.25, 0.3) is 0 Å². The van der Waals surface area contributed by atoms with E-state index in [0.717, 1.165) is 30.1 Å². The lowest BCUT2D eigenvalue weighted by molar-refractivity contribution is -0.142. The molecule has 0 heterocycles. The third kappa shape index (κ3) is 2.77. The summed E-state index contributed by atoms with van der Waals surface area (Å²) >= 11 is 0. The van der Waals surface area contributed by atoms with Crippen LogP contribution in [-0.2, 0) is 0 Å². The lowest BCUT2D eigenvalue weighted by Gasteiger charge is -2.62. The number of allylic oxidation sites excluding steroid dienone is 1. The highest BCUT2D eigenvalue weighted by Gasteiger charge is 2.81. The summed E-state index contributed by atoms with van der Waals surface area (Å²) in [5.74, 6) is 4.63. The van der Waals surface area contributed by atoms with Gasteiger partial charge in [0.05, 0.1) is 6.10 Å². The van der Waals surface area contributed by atoms with Crippen molar-refractivity contribution in [3.8, 4) is 0 Å². The molecule has 0 aromatic carbocycles. The Kier molecular flexibility index (Phi) is 5.15. The summed E-state index contributed by atoms with van der Waals surface area (Å²) in [4.78, 5) is 0. The summed E-state index contributed by atoms with van der Waals surface area (Å²) in [6.07, 6.45) is 15.1. The van der Waals surface area contributed by atoms with E-state index in [1.807, 2.05) is 0 Å². The van der Waals surface area contributed by atoms with E-state index in [-0.39, 0.29) is 6.10 Å². The number of aliphatic hydroxyl groups excluding tert-OH is 1. The van der Waals surface area contributed by atoms with Crippen molar-refractivity contribution in [2.24, 2.45) is 57.2 Å². The van der Waals surface area contributed by atoms with E-state index < -0.39 is 0 Å². The Morgan fingerprint density at radius 3 is 2.39 bits per heavy atom. The minimum absolute atomic E-state index is 0.0356. The van der Waals surface area contributed by atoms with Gasteiger partial charge in [-0.2, -0.15) is 0 Å². The number of aliphatic hydroxyl groups is 1. The molecule has 2 spiro atoms. The van der Waals surface area contributed by atoms with E-state index in [1.54, 1.807) is 0 Å². The Morgan fingerprint density at radius 2 is 1.68 bits per heavy atom. The SMILES string of the molecule is C=C(CC[C@@H](C)[C@H]1CC[C@@]2(C)[C@@H]3CC[C@H]4[C@H](C)[C@@H](O)CC[C@]45C[C@]35CC[C@@]12C)C(C)C. The molecule has 1 nitrogen and oxygen atoms in total. The Morgan fingerprint density at radius 1 is 0.935 bits per heavy atom. The molecule has 0 bridgehead atoms. The van der Waals surface area contributed by atoms with E-state index in [1.165, 1.54) is 69.8 Å². The highest BCUT2D eigenvalue weighted by molar-refractivity contribution is 5.29. The lowest BCUT2D eigenvalue weighted by Crippen LogP contribution is -2.55. The zero-order valence-corrected chi connectivity index (χ0v) is 21.5. The lowest BCUT2D eigenvalue weighted by atomic mass is 9.43. The average molecular weight is 427 g/mol. The summed E-state index contributed by atoms with van der Waals surface area (Å²) in [6.45, 7) is 19.4. The maximum absolute atomic E-state index is 10.6. The van der Waals surface area contributed by atoms with Crippen molar-refractivity contribution < 1.29 is 5.11 Å². The van der Waals surface area contributed by atoms with Crippen LogP contribution in [0.3, 0.4) is 0 Å². The van der Waals surface area contributed by atoms with E-state index in [4.69, 9.17) is 0 Å². The van der Waals surface area contributed by atoms with Crippen LogP contribution in [0.1, 0.15) is 112 Å². The number of hydrogen-bond acceptors (Lipinski definition) is 1. The van der Waals surface area contributed by atoms with Crippen LogP contribution in [-0.4, -0.2) is 11.2 Å². The Labute approximate surface area is 192 Å². The van der Waals surface area contributed by atoms with Crippen molar-refractivity contribution in [1.82, 2.24) is 0 Å². The van der Waals surface area contributed by atoms with Gasteiger partial charge in [-0.15, -0.1) is 0 Å². The predicted molar refractivity (Wildman–Crippen MR) is 131 cm³/mol. The van der Waals surface area contributed by atoms with E-state index in [9.17, 15) is 5.11 Å². The second-order valence-corrected chi connectivity index (χ2v) is 14.0. The van der Waals surface area contributed by atoms with Crippen molar-refractivity contribution in [2.45, 2.75) is 118 Å². The van der Waals surface area contributed by atoms with Crippen LogP contribution in [0.2, 0.25) is 0 Å². The molecular formula is C30H50O. The zero-order chi connectivity index (χ0) is 22.4. The third-order valence-corrected chi connectivity index (χ3v) is 13.1. The molecule has 0 aromatic heterocycles. The van der Waals surface area contributed by atoms with E-state index >= 15 is 0 Å². The predicted octanol–water partition coefficient (Wildman–Crippen LogP) is 8.02. The topological polar surface area (TPSA) is 20.2 Å². The van der Waals surface area contributed by atoms with Crippen LogP contribution < -0.4 is 0 Å². The van der Waals surface area contributed by atoms with Crippen LogP contribution in [0.5, 0.6) is 0 Å². The highest BCUT2D eigenvalue weighted by atomic mass is 16.3. The molecule has 31 heavy (non-hydrogen) atoms. The van der Waals surface area contributed by atoms with E-state index in [0.29, 0.717) is 33.5 Å². The first-order valence-corrected chi connectivity index (χ1v) is 13.9. The van der Waals surface area contributed by atoms with Crippen LogP contribution in [0, 0.1) is 57.2 Å². The molecule has 5 aliphatic carbocycles. The minimum Gasteiger partial charge on any atom is -0.393 e. The summed E-state index contributed by atoms with van der Waals surface area (Å²) in [5.41, 5.74) is 3.76. The summed E-state index contributed by atoms with van der Waals surface area (Å²) < 4.78 is 0. The molecule has 176 valence electrons. The van der Waals surface area contributed by atoms with Gasteiger partial charge in [-0.1, -0.05) is 53.7 Å². The first kappa shape index (κ1) is 22.5. The van der Waals surface area contributed by atoms with Gasteiger partial charge in [-0.25, -0.2) is 0 Å². The van der Waals surface area contributed by atoms with Gasteiger partial charge in [-0.05, 0) is 128 Å². The van der Waals surface area contributed by atoms with Gasteiger partial charge in [-0.3, -0.25) is 0 Å². The van der Waals surface area contributed by atoms with Crippen LogP contribution >= 0.6 is 0 Å². The van der Waals surface area contributed by atoms with Crippen molar-refractivity contribution in [2.75, 3.05) is 0 Å². The molecule has 10 atom stereocenters. The average Bonchev–Trinajstić information content (AvgIpc) is 3.31. The Balaban J connectivity index is 1.37. The molecule has 0 radical (unpaired) electrons. The van der Waals surface area contributed by atoms with Gasteiger partial charge < -0.3 is 5.11 Å². The molecule has 0 unspecified atom stereocenters. The maximum Gasteiger partial charge on any atom is 0.0568 e. The molecule has 0 amide bonds. The smallest absolute Gasteiger partial charge is 0.0568 e. The van der Waals surface area contributed by atoms with Gasteiger partial charge in [0.2, 0.25) is 0 Å². The second-order valence-electron chi connectivity index (χ2n) is 14.0. The quantitative estimate of drug-likeness (QED) is 0.441. The van der Waals surface area contributed by atoms with Gasteiger partial charge in [0.1, 0.15) is 0 Å². The molecule has 5 aliphatic rings. The fourth-order valence-electron chi connectivity index (χ4n) is 10.9. The first-order valence-electron chi connectivity index (χ1n) is 13.9. The Hall–Kier alpha value is -0.300. The first-order chi connectivity index (χ1) is 14.5. The molecule has 5 saturated carbocycles. The van der Waals surface area contributed by atoms with Gasteiger partial charge in [0, 0.05) is 0 Å². The fourth-order valence-corrected chi connectivity index (χ4v) is 10.9. The molecule has 0 saturated heterocycles. The Bertz CT molecular complexity index is 739. The fraction of sp³-hybridized carbons (Fsp3) is 0.933. The van der Waals surface area contributed by atoms with E-state index in [2.05, 4.69) is 48.1 Å². The van der Waals surface area contributed by atoms with Gasteiger partial charge >= 0.3 is 0 Å². The molecular weight excluding hydrogens is 376 g/mol. The largest absolute Gasteiger partial charge is 0.393 e. The molecule has 5 fully saturated rings. The van der Waals surface area contributed by atoms with Crippen molar-refractivity contribution >= 4 is 0 Å². The zero-order valence-electron chi connectivity index (χ0n) is 21.5. The normalized spacial score (nSPS) is 53.9. The number of rotatable bonds is 5. The van der Waals surface area contributed by atoms with Crippen LogP contribution in [0.25, 0.3) is 0 Å². The number of fused-ring (bicyclic) bond motifs is 2. The number of hydrogen-bond donors (Lipinski definition) is 1. The molecule has 1 heteroatoms. The maximum atomic E-state index is 10.6. The monoisotopic (exact) mass is 426 g/mol. The summed E-state index contributed by atoms with van der Waals surface area (Å²) in [7, 11) is 0. The molecule has 5 rings (SSSR count).